The number of rotatable bonds is 2. The molecule has 3 aliphatic heterocycles. The molecule has 19 nitrogen and oxygen atoms in total. The number of fused-ring (bicyclic) bond motifs is 5. The molecule has 3 aliphatic rings. The highest BCUT2D eigenvalue weighted by atomic mass is 32.7. The van der Waals surface area contributed by atoms with E-state index in [1.807, 2.05) is 0 Å². The Bertz CT molecular complexity index is 1950. The van der Waals surface area contributed by atoms with Crippen molar-refractivity contribution in [2.24, 2.45) is 7.05 Å². The molecule has 7 rings (SSSR count). The van der Waals surface area contributed by atoms with E-state index in [4.69, 9.17) is 45.1 Å². The minimum absolute atomic E-state index is 0.0350. The van der Waals surface area contributed by atoms with Gasteiger partial charge in [-0.15, -0.1) is 0 Å². The number of nitrogens with zero attached hydrogens (tertiary/aromatic N) is 8. The lowest BCUT2D eigenvalue weighted by molar-refractivity contribution is -0.133. The zero-order valence-electron chi connectivity index (χ0n) is 22.8. The van der Waals surface area contributed by atoms with E-state index < -0.39 is 68.4 Å². The lowest BCUT2D eigenvalue weighted by Gasteiger charge is -2.27. The quantitative estimate of drug-likeness (QED) is 0.164. The van der Waals surface area contributed by atoms with E-state index in [0.717, 1.165) is 0 Å². The molecule has 0 amide bonds. The largest absolute Gasteiger partial charge is 0.386 e. The predicted octanol–water partition coefficient (Wildman–Crippen LogP) is 0.465. The van der Waals surface area contributed by atoms with Crippen LogP contribution in [0.25, 0.3) is 22.3 Å². The van der Waals surface area contributed by atoms with Crippen molar-refractivity contribution in [1.82, 2.24) is 38.6 Å². The molecule has 2 bridgehead atoms. The number of nitrogen functional groups attached to an aromatic ring is 1. The van der Waals surface area contributed by atoms with Crippen molar-refractivity contribution in [2.45, 2.75) is 55.8 Å². The summed E-state index contributed by atoms with van der Waals surface area (Å²) in [6.07, 6.45) is -7.68. The number of aliphatic hydroxyl groups excluding tert-OH is 1. The van der Waals surface area contributed by atoms with Crippen LogP contribution in [-0.4, -0.2) is 92.1 Å². The molecule has 4 N–H and O–H groups in total. The van der Waals surface area contributed by atoms with Crippen LogP contribution in [0.3, 0.4) is 0 Å². The van der Waals surface area contributed by atoms with Gasteiger partial charge in [0.1, 0.15) is 42.1 Å². The molecule has 4 aromatic rings. The number of alkyl halides is 1. The smallest absolute Gasteiger partial charge is 0.385 e. The molecule has 24 heteroatoms. The molecule has 7 heterocycles. The molecular formula is C21H24FN9O10P2S2. The molecule has 10 atom stereocenters. The van der Waals surface area contributed by atoms with Gasteiger partial charge in [-0.25, -0.2) is 28.9 Å². The van der Waals surface area contributed by atoms with E-state index in [2.05, 4.69) is 37.2 Å². The minimum atomic E-state index is -4.42. The summed E-state index contributed by atoms with van der Waals surface area (Å²) in [5.74, 6) is 0.0671. The first-order chi connectivity index (χ1) is 21.3. The maximum absolute atomic E-state index is 16.1. The van der Waals surface area contributed by atoms with Crippen LogP contribution in [0.5, 0.6) is 0 Å². The Morgan fingerprint density at radius 2 is 1.80 bits per heavy atom. The molecule has 0 aromatic carbocycles. The first kappa shape index (κ1) is 31.2. The Morgan fingerprint density at radius 1 is 1.04 bits per heavy atom. The van der Waals surface area contributed by atoms with E-state index in [1.165, 1.54) is 39.0 Å². The maximum Gasteiger partial charge on any atom is 0.386 e. The van der Waals surface area contributed by atoms with Crippen molar-refractivity contribution < 1.29 is 46.5 Å². The lowest BCUT2D eigenvalue weighted by atomic mass is 10.1. The molecule has 0 saturated carbocycles. The van der Waals surface area contributed by atoms with Crippen LogP contribution < -0.4 is 11.3 Å². The third-order valence-electron chi connectivity index (χ3n) is 7.43. The van der Waals surface area contributed by atoms with Crippen LogP contribution >= 0.6 is 25.8 Å². The number of hydrogen-bond acceptors (Lipinski definition) is 16. The summed E-state index contributed by atoms with van der Waals surface area (Å²) in [6.45, 7) is -9.05. The van der Waals surface area contributed by atoms with Crippen LogP contribution in [0.2, 0.25) is 0 Å². The number of hydrogen-bond donors (Lipinski definition) is 4. The summed E-state index contributed by atoms with van der Waals surface area (Å²) in [5, 5.41) is 11.2. The van der Waals surface area contributed by atoms with Crippen LogP contribution in [0, 0.1) is 0 Å². The average molecular weight is 708 g/mol. The summed E-state index contributed by atoms with van der Waals surface area (Å²) in [7, 11) is 1.58. The molecule has 0 aliphatic carbocycles. The van der Waals surface area contributed by atoms with Crippen LogP contribution in [-0.2, 0) is 51.0 Å². The Kier molecular flexibility index (Phi) is 7.86. The van der Waals surface area contributed by atoms with Gasteiger partial charge in [0.05, 0.1) is 25.4 Å². The molecular weight excluding hydrogens is 683 g/mol. The van der Waals surface area contributed by atoms with Gasteiger partial charge in [-0.1, -0.05) is 12.2 Å². The van der Waals surface area contributed by atoms with Crippen LogP contribution in [0.4, 0.5) is 10.2 Å². The standard InChI is InChI=1S/C21H24FN9O10P2S2/c1-29-5-28-17(33)11-18(29)31(7-27-11)20-14-12(32)21(38-20)41-43(35,45)39-13-8(2-3-36-42(34,44)40-14)37-19(9(13)22)30-6-26-10-15(23)24-4-25-16(10)30/h4-9,12-14,19-21,32H,2-3H2,1H3,(H,34,44)(H,35,45)(H2,23,24,25)/t8-,9-,12+,13-,14-,19-,20-,21-,42?,43?/m1/s1. The minimum Gasteiger partial charge on any atom is -0.385 e. The molecule has 2 unspecified atom stereocenters. The second-order valence-corrected chi connectivity index (χ2v) is 15.9. The van der Waals surface area contributed by atoms with Crippen molar-refractivity contribution in [3.05, 3.63) is 35.7 Å². The Morgan fingerprint density at radius 3 is 2.60 bits per heavy atom. The van der Waals surface area contributed by atoms with Gasteiger partial charge in [-0.2, -0.15) is 4.98 Å². The summed E-state index contributed by atoms with van der Waals surface area (Å²) < 4.78 is 67.7. The van der Waals surface area contributed by atoms with Gasteiger partial charge in [0, 0.05) is 13.5 Å². The second-order valence-electron chi connectivity index (χ2n) is 10.3. The van der Waals surface area contributed by atoms with Crippen LogP contribution in [0.15, 0.2) is 30.1 Å². The van der Waals surface area contributed by atoms with E-state index in [1.54, 1.807) is 7.05 Å². The zero-order valence-corrected chi connectivity index (χ0v) is 26.3. The first-order valence-electron chi connectivity index (χ1n) is 13.1. The molecule has 45 heavy (non-hydrogen) atoms. The van der Waals surface area contributed by atoms with Crippen molar-refractivity contribution in [3.8, 4) is 0 Å². The summed E-state index contributed by atoms with van der Waals surface area (Å²) >= 11 is 9.28. The van der Waals surface area contributed by atoms with Gasteiger partial charge in [0.15, 0.2) is 41.9 Å². The zero-order chi connectivity index (χ0) is 31.8. The second kappa shape index (κ2) is 11.4. The highest BCUT2D eigenvalue weighted by Gasteiger charge is 2.54. The van der Waals surface area contributed by atoms with Gasteiger partial charge in [-0.3, -0.25) is 27.5 Å². The van der Waals surface area contributed by atoms with E-state index in [0.29, 0.717) is 0 Å². The fourth-order valence-corrected chi connectivity index (χ4v) is 8.55. The molecule has 242 valence electrons. The number of ether oxygens (including phenoxy) is 2. The molecule has 0 radical (unpaired) electrons. The first-order valence-corrected chi connectivity index (χ1v) is 18.4. The SMILES string of the molecule is Cn1cnc(=O)c2ncn([C@@H]3O[C@@H]4OP(O)(=S)O[C@H]5[C@@H](F)[C@H](n6cnc7c(N)ncnc76)O[C@@H]5CCOP(=O)(S)O[C@@H]3[C@@H]4O)c21. The monoisotopic (exact) mass is 707 g/mol. The number of aliphatic hydroxyl groups is 1. The lowest BCUT2D eigenvalue weighted by Crippen LogP contribution is -2.35. The van der Waals surface area contributed by atoms with Crippen molar-refractivity contribution >= 4 is 65.7 Å². The van der Waals surface area contributed by atoms with E-state index in [9.17, 15) is 19.4 Å². The van der Waals surface area contributed by atoms with Crippen molar-refractivity contribution in [1.29, 1.82) is 0 Å². The summed E-state index contributed by atoms with van der Waals surface area (Å²) in [5.41, 5.74) is 5.77. The number of aryl methyl sites for hydroxylation is 1. The molecule has 3 saturated heterocycles. The molecule has 4 aromatic heterocycles. The summed E-state index contributed by atoms with van der Waals surface area (Å²) in [4.78, 5) is 43.3. The number of nitrogens with two attached hydrogens (primary N) is 1. The average Bonchev–Trinajstić information content (AvgIpc) is 3.73. The van der Waals surface area contributed by atoms with Gasteiger partial charge in [-0.05, 0) is 11.8 Å². The fraction of sp³-hybridized carbons (Fsp3) is 0.524. The van der Waals surface area contributed by atoms with Crippen LogP contribution in [0.1, 0.15) is 18.9 Å². The van der Waals surface area contributed by atoms with Gasteiger partial charge >= 0.3 is 19.1 Å². The number of anilines is 1. The number of imidazole rings is 2. The number of thiol groups is 1. The Balaban J connectivity index is 1.22. The number of halogens is 1. The Labute approximate surface area is 261 Å². The van der Waals surface area contributed by atoms with E-state index >= 15 is 4.39 Å². The molecule has 0 spiro atoms. The predicted molar refractivity (Wildman–Crippen MR) is 156 cm³/mol. The summed E-state index contributed by atoms with van der Waals surface area (Å²) in [6, 6.07) is 0. The van der Waals surface area contributed by atoms with Crippen molar-refractivity contribution in [3.63, 3.8) is 0 Å². The number of aromatic nitrogens is 8. The van der Waals surface area contributed by atoms with E-state index in [-0.39, 0.29) is 41.2 Å². The Hall–Kier alpha value is -2.46. The van der Waals surface area contributed by atoms with Gasteiger partial charge in [0.2, 0.25) is 0 Å². The fourth-order valence-electron chi connectivity index (χ4n) is 5.45. The topological polar surface area (TPSA) is 235 Å². The highest BCUT2D eigenvalue weighted by Crippen LogP contribution is 2.59. The van der Waals surface area contributed by atoms with Gasteiger partial charge < -0.3 is 34.3 Å². The highest BCUT2D eigenvalue weighted by molar-refractivity contribution is 8.44. The van der Waals surface area contributed by atoms with Gasteiger partial charge in [0.25, 0.3) is 0 Å². The normalized spacial score (nSPS) is 37.7. The van der Waals surface area contributed by atoms with Crippen molar-refractivity contribution in [2.75, 3.05) is 12.3 Å². The third-order valence-corrected chi connectivity index (χ3v) is 10.6. The maximum atomic E-state index is 16.1. The molecule has 3 fully saturated rings. The third kappa shape index (κ3) is 5.51.